The lowest BCUT2D eigenvalue weighted by atomic mass is 10.0. The Morgan fingerprint density at radius 2 is 1.58 bits per heavy atom. The van der Waals surface area contributed by atoms with E-state index in [1.165, 1.54) is 4.80 Å². The lowest BCUT2D eigenvalue weighted by Crippen LogP contribution is -1.99. The lowest BCUT2D eigenvalue weighted by Gasteiger charge is -2.03. The number of nitrogens with zero attached hydrogens (tertiary/aromatic N) is 3. The zero-order valence-electron chi connectivity index (χ0n) is 14.5. The van der Waals surface area contributed by atoms with Crippen molar-refractivity contribution in [2.45, 2.75) is 13.8 Å². The summed E-state index contributed by atoms with van der Waals surface area (Å²) in [5.74, 6) is 0.184. The Balaban J connectivity index is 1.76. The molecule has 0 radical (unpaired) electrons. The third-order valence-corrected chi connectivity index (χ3v) is 4.35. The number of rotatable bonds is 3. The van der Waals surface area contributed by atoms with Gasteiger partial charge in [0, 0.05) is 5.56 Å². The van der Waals surface area contributed by atoms with Gasteiger partial charge in [-0.15, -0.1) is 15.0 Å². The second kappa shape index (κ2) is 6.11. The van der Waals surface area contributed by atoms with E-state index < -0.39 is 0 Å². The number of benzene rings is 3. The van der Waals surface area contributed by atoms with E-state index in [4.69, 9.17) is 0 Å². The van der Waals surface area contributed by atoms with Gasteiger partial charge >= 0.3 is 0 Å². The number of hydrogen-bond acceptors (Lipinski definition) is 4. The predicted molar refractivity (Wildman–Crippen MR) is 101 cm³/mol. The van der Waals surface area contributed by atoms with Gasteiger partial charge in [-0.2, -0.15) is 0 Å². The molecule has 0 saturated carbocycles. The van der Waals surface area contributed by atoms with Gasteiger partial charge in [-0.1, -0.05) is 36.4 Å². The molecule has 3 aromatic carbocycles. The molecular formula is C21H17N3O2. The number of aryl methyl sites for hydroxylation is 1. The van der Waals surface area contributed by atoms with Gasteiger partial charge in [-0.05, 0) is 54.8 Å². The summed E-state index contributed by atoms with van der Waals surface area (Å²) in [6.07, 6.45) is 0. The highest BCUT2D eigenvalue weighted by Gasteiger charge is 2.10. The highest BCUT2D eigenvalue weighted by Crippen LogP contribution is 2.26. The predicted octanol–water partition coefficient (Wildman–Crippen LogP) is 4.30. The molecule has 0 bridgehead atoms. The summed E-state index contributed by atoms with van der Waals surface area (Å²) in [6, 6.07) is 18.6. The lowest BCUT2D eigenvalue weighted by molar-refractivity contribution is 0.101. The Bertz CT molecular complexity index is 1130. The topological polar surface area (TPSA) is 68.0 Å². The molecule has 4 rings (SSSR count). The number of phenols is 1. The van der Waals surface area contributed by atoms with Crippen LogP contribution in [0.2, 0.25) is 0 Å². The Labute approximate surface area is 150 Å². The Kier molecular flexibility index (Phi) is 3.77. The minimum atomic E-state index is 0.0490. The monoisotopic (exact) mass is 343 g/mol. The van der Waals surface area contributed by atoms with Gasteiger partial charge in [0.2, 0.25) is 0 Å². The van der Waals surface area contributed by atoms with E-state index in [2.05, 4.69) is 10.2 Å². The average Bonchev–Trinajstić information content (AvgIpc) is 3.06. The number of aromatic nitrogens is 3. The molecule has 5 heteroatoms. The van der Waals surface area contributed by atoms with E-state index in [-0.39, 0.29) is 11.5 Å². The summed E-state index contributed by atoms with van der Waals surface area (Å²) in [4.78, 5) is 12.9. The molecule has 0 amide bonds. The van der Waals surface area contributed by atoms with Crippen molar-refractivity contribution in [3.63, 3.8) is 0 Å². The summed E-state index contributed by atoms with van der Waals surface area (Å²) in [6.45, 7) is 3.51. The van der Waals surface area contributed by atoms with Crippen molar-refractivity contribution >= 4 is 16.8 Å². The summed E-state index contributed by atoms with van der Waals surface area (Å²) in [7, 11) is 0. The van der Waals surface area contributed by atoms with Crippen LogP contribution in [-0.4, -0.2) is 25.9 Å². The van der Waals surface area contributed by atoms with Crippen molar-refractivity contribution in [2.24, 2.45) is 0 Å². The van der Waals surface area contributed by atoms with Gasteiger partial charge in [0.15, 0.2) is 5.78 Å². The van der Waals surface area contributed by atoms with Crippen LogP contribution >= 0.6 is 0 Å². The molecule has 0 aliphatic carbocycles. The molecule has 1 aromatic heterocycles. The number of Topliss-reactive ketones (excluding diaryl/α,β-unsaturated/α-hetero) is 1. The van der Waals surface area contributed by atoms with Gasteiger partial charge in [-0.3, -0.25) is 4.79 Å². The molecule has 26 heavy (non-hydrogen) atoms. The molecule has 0 atom stereocenters. The van der Waals surface area contributed by atoms with Crippen molar-refractivity contribution in [3.8, 4) is 22.6 Å². The van der Waals surface area contributed by atoms with Crippen LogP contribution in [0.15, 0.2) is 60.7 Å². The number of carbonyl (C=O) groups excluding carboxylic acids is 1. The van der Waals surface area contributed by atoms with Crippen LogP contribution in [0.1, 0.15) is 22.8 Å². The van der Waals surface area contributed by atoms with E-state index in [0.29, 0.717) is 11.3 Å². The van der Waals surface area contributed by atoms with Crippen LogP contribution in [-0.2, 0) is 0 Å². The summed E-state index contributed by atoms with van der Waals surface area (Å²) < 4.78 is 0. The molecule has 1 N–H and O–H groups in total. The highest BCUT2D eigenvalue weighted by molar-refractivity contribution is 5.94. The number of aromatic hydroxyl groups is 1. The second-order valence-electron chi connectivity index (χ2n) is 6.32. The first kappa shape index (κ1) is 16.0. The fraction of sp³-hybridized carbons (Fsp3) is 0.0952. The van der Waals surface area contributed by atoms with Gasteiger partial charge in [-0.25, -0.2) is 0 Å². The van der Waals surface area contributed by atoms with Crippen LogP contribution in [0.4, 0.5) is 0 Å². The van der Waals surface area contributed by atoms with E-state index in [1.54, 1.807) is 13.0 Å². The maximum atomic E-state index is 11.4. The highest BCUT2D eigenvalue weighted by atomic mass is 16.3. The van der Waals surface area contributed by atoms with Crippen molar-refractivity contribution in [3.05, 3.63) is 71.8 Å². The van der Waals surface area contributed by atoms with Gasteiger partial charge in [0.05, 0.1) is 0 Å². The first-order valence-corrected chi connectivity index (χ1v) is 8.30. The third kappa shape index (κ3) is 2.84. The van der Waals surface area contributed by atoms with Crippen LogP contribution in [0.5, 0.6) is 5.75 Å². The zero-order chi connectivity index (χ0) is 18.3. The number of carbonyl (C=O) groups is 1. The SMILES string of the molecule is CC(=O)c1ccc(-c2ccc3nn(-c4cc(C)ccc4O)nc3c2)cc1. The molecule has 4 aromatic rings. The molecular weight excluding hydrogens is 326 g/mol. The van der Waals surface area contributed by atoms with E-state index >= 15 is 0 Å². The van der Waals surface area contributed by atoms with Gasteiger partial charge in [0.1, 0.15) is 22.5 Å². The minimum Gasteiger partial charge on any atom is -0.506 e. The maximum Gasteiger partial charge on any atom is 0.159 e. The second-order valence-corrected chi connectivity index (χ2v) is 6.32. The Morgan fingerprint density at radius 1 is 0.885 bits per heavy atom. The first-order valence-electron chi connectivity index (χ1n) is 8.30. The molecule has 128 valence electrons. The maximum absolute atomic E-state index is 11.4. The first-order chi connectivity index (χ1) is 12.5. The smallest absolute Gasteiger partial charge is 0.159 e. The van der Waals surface area contributed by atoms with Crippen LogP contribution < -0.4 is 0 Å². The van der Waals surface area contributed by atoms with Crippen LogP contribution in [0, 0.1) is 6.92 Å². The van der Waals surface area contributed by atoms with Crippen molar-refractivity contribution < 1.29 is 9.90 Å². The molecule has 0 unspecified atom stereocenters. The number of ketones is 1. The largest absolute Gasteiger partial charge is 0.506 e. The fourth-order valence-electron chi connectivity index (χ4n) is 2.89. The quantitative estimate of drug-likeness (QED) is 0.563. The standard InChI is InChI=1S/C21H17N3O2/c1-13-3-10-21(26)20(11-13)24-22-18-9-8-17(12-19(18)23-24)16-6-4-15(5-7-16)14(2)25/h3-12,26H,1-2H3. The molecule has 0 spiro atoms. The average molecular weight is 343 g/mol. The summed E-state index contributed by atoms with van der Waals surface area (Å²) in [5, 5.41) is 19.1. The molecule has 0 aliphatic heterocycles. The van der Waals surface area contributed by atoms with Crippen molar-refractivity contribution in [1.29, 1.82) is 0 Å². The molecule has 0 aliphatic rings. The van der Waals surface area contributed by atoms with Crippen LogP contribution in [0.3, 0.4) is 0 Å². The summed E-state index contributed by atoms with van der Waals surface area (Å²) >= 11 is 0. The summed E-state index contributed by atoms with van der Waals surface area (Å²) in [5.41, 5.74) is 5.74. The van der Waals surface area contributed by atoms with Gasteiger partial charge in [0.25, 0.3) is 0 Å². The van der Waals surface area contributed by atoms with E-state index in [9.17, 15) is 9.90 Å². The number of phenolic OH excluding ortho intramolecular Hbond substituents is 1. The Hall–Kier alpha value is -3.47. The van der Waals surface area contributed by atoms with E-state index in [0.717, 1.165) is 27.7 Å². The minimum absolute atomic E-state index is 0.0490. The molecule has 0 saturated heterocycles. The molecule has 0 fully saturated rings. The third-order valence-electron chi connectivity index (χ3n) is 4.35. The number of fused-ring (bicyclic) bond motifs is 1. The van der Waals surface area contributed by atoms with Crippen molar-refractivity contribution in [1.82, 2.24) is 15.0 Å². The number of hydrogen-bond donors (Lipinski definition) is 1. The van der Waals surface area contributed by atoms with E-state index in [1.807, 2.05) is 61.5 Å². The normalized spacial score (nSPS) is 11.0. The molecule has 5 nitrogen and oxygen atoms in total. The zero-order valence-corrected chi connectivity index (χ0v) is 14.5. The van der Waals surface area contributed by atoms with Crippen LogP contribution in [0.25, 0.3) is 27.8 Å². The Morgan fingerprint density at radius 3 is 2.31 bits per heavy atom. The molecule has 1 heterocycles. The van der Waals surface area contributed by atoms with Gasteiger partial charge < -0.3 is 5.11 Å². The van der Waals surface area contributed by atoms with Crippen molar-refractivity contribution in [2.75, 3.05) is 0 Å². The fourth-order valence-corrected chi connectivity index (χ4v) is 2.89.